The van der Waals surface area contributed by atoms with Crippen LogP contribution in [0, 0.1) is 12.8 Å². The van der Waals surface area contributed by atoms with Gasteiger partial charge in [0.25, 0.3) is 0 Å². The highest BCUT2D eigenvalue weighted by atomic mass is 16.5. The highest BCUT2D eigenvalue weighted by Crippen LogP contribution is 2.14. The minimum absolute atomic E-state index is 0.261. The minimum atomic E-state index is -1.22. The zero-order valence-corrected chi connectivity index (χ0v) is 11.1. The Hall–Kier alpha value is -2.17. The van der Waals surface area contributed by atoms with Crippen LogP contribution in [0.5, 0.6) is 0 Å². The van der Waals surface area contributed by atoms with Crippen LogP contribution >= 0.6 is 0 Å². The second kappa shape index (κ2) is 6.68. The number of hydrogen-bond donors (Lipinski definition) is 0. The maximum Gasteiger partial charge on any atom is 0.320 e. The van der Waals surface area contributed by atoms with Gasteiger partial charge in [-0.15, -0.1) is 0 Å². The molecular weight excluding hydrogens is 248 g/mol. The molecule has 0 aromatic heterocycles. The minimum Gasteiger partial charge on any atom is -0.468 e. The number of aryl methyl sites for hydroxylation is 1. The lowest BCUT2D eigenvalue weighted by molar-refractivity contribution is -0.158. The molecule has 1 rings (SSSR count). The van der Waals surface area contributed by atoms with E-state index in [4.69, 9.17) is 0 Å². The van der Waals surface area contributed by atoms with Crippen molar-refractivity contribution in [1.82, 2.24) is 0 Å². The number of Topliss-reactive ketones (excluding diaryl/α,β-unsaturated/α-hetero) is 1. The van der Waals surface area contributed by atoms with Gasteiger partial charge in [-0.3, -0.25) is 14.4 Å². The average Bonchev–Trinajstić information content (AvgIpc) is 2.42. The first-order valence-corrected chi connectivity index (χ1v) is 5.75. The van der Waals surface area contributed by atoms with Crippen molar-refractivity contribution in [1.29, 1.82) is 0 Å². The van der Waals surface area contributed by atoms with Crippen LogP contribution < -0.4 is 0 Å². The Labute approximate surface area is 111 Å². The fraction of sp³-hybridized carbons (Fsp3) is 0.357. The predicted octanol–water partition coefficient (Wildman–Crippen LogP) is 1.53. The molecule has 0 fully saturated rings. The molecule has 0 aliphatic rings. The molecule has 0 saturated heterocycles. The zero-order valence-electron chi connectivity index (χ0n) is 11.1. The fourth-order valence-electron chi connectivity index (χ4n) is 1.67. The third kappa shape index (κ3) is 3.91. The van der Waals surface area contributed by atoms with E-state index < -0.39 is 17.9 Å². The molecule has 0 bridgehead atoms. The zero-order chi connectivity index (χ0) is 14.4. The third-order valence-corrected chi connectivity index (χ3v) is 2.70. The molecule has 19 heavy (non-hydrogen) atoms. The first-order valence-electron chi connectivity index (χ1n) is 5.75. The second-order valence-corrected chi connectivity index (χ2v) is 4.10. The summed E-state index contributed by atoms with van der Waals surface area (Å²) in [6, 6.07) is 6.94. The van der Waals surface area contributed by atoms with Crippen LogP contribution in [0.1, 0.15) is 22.3 Å². The topological polar surface area (TPSA) is 69.7 Å². The van der Waals surface area contributed by atoms with Crippen molar-refractivity contribution in [2.75, 3.05) is 14.2 Å². The van der Waals surface area contributed by atoms with Crippen molar-refractivity contribution >= 4 is 17.7 Å². The average molecular weight is 264 g/mol. The van der Waals surface area contributed by atoms with E-state index in [2.05, 4.69) is 9.47 Å². The summed E-state index contributed by atoms with van der Waals surface area (Å²) in [5, 5.41) is 0. The second-order valence-electron chi connectivity index (χ2n) is 4.10. The van der Waals surface area contributed by atoms with Gasteiger partial charge in [-0.2, -0.15) is 0 Å². The van der Waals surface area contributed by atoms with Crippen LogP contribution in [-0.4, -0.2) is 31.9 Å². The Morgan fingerprint density at radius 3 is 2.16 bits per heavy atom. The largest absolute Gasteiger partial charge is 0.468 e. The number of ether oxygens (including phenoxy) is 2. The standard InChI is InChI=1S/C14H16O5/c1-9-5-4-6-10(7-9)12(15)8-11(13(16)18-2)14(17)19-3/h4-7,11H,8H2,1-3H3. The van der Waals surface area contributed by atoms with Gasteiger partial charge in [-0.1, -0.05) is 23.8 Å². The smallest absolute Gasteiger partial charge is 0.320 e. The lowest BCUT2D eigenvalue weighted by atomic mass is 9.97. The van der Waals surface area contributed by atoms with Crippen LogP contribution in [0.15, 0.2) is 24.3 Å². The molecule has 0 amide bonds. The van der Waals surface area contributed by atoms with Crippen LogP contribution in [-0.2, 0) is 19.1 Å². The van der Waals surface area contributed by atoms with Crippen LogP contribution in [0.2, 0.25) is 0 Å². The summed E-state index contributed by atoms with van der Waals surface area (Å²) in [5.41, 5.74) is 1.39. The molecule has 0 aliphatic heterocycles. The monoisotopic (exact) mass is 264 g/mol. The molecule has 0 spiro atoms. The van der Waals surface area contributed by atoms with Gasteiger partial charge in [0.1, 0.15) is 0 Å². The Morgan fingerprint density at radius 1 is 1.11 bits per heavy atom. The Balaban J connectivity index is 2.88. The summed E-state index contributed by atoms with van der Waals surface area (Å²) in [6.07, 6.45) is -0.261. The van der Waals surface area contributed by atoms with Crippen LogP contribution in [0.3, 0.4) is 0 Å². The molecule has 0 atom stereocenters. The quantitative estimate of drug-likeness (QED) is 0.458. The van der Waals surface area contributed by atoms with E-state index >= 15 is 0 Å². The van der Waals surface area contributed by atoms with E-state index in [0.29, 0.717) is 5.56 Å². The molecule has 0 saturated carbocycles. The Kier molecular flexibility index (Phi) is 5.23. The van der Waals surface area contributed by atoms with E-state index in [-0.39, 0.29) is 12.2 Å². The Morgan fingerprint density at radius 2 is 1.68 bits per heavy atom. The number of rotatable bonds is 5. The molecular formula is C14H16O5. The van der Waals surface area contributed by atoms with E-state index in [0.717, 1.165) is 19.8 Å². The highest BCUT2D eigenvalue weighted by molar-refractivity contribution is 6.04. The van der Waals surface area contributed by atoms with Gasteiger partial charge in [0.2, 0.25) is 0 Å². The number of carbonyl (C=O) groups excluding carboxylic acids is 3. The summed E-state index contributed by atoms with van der Waals surface area (Å²) in [7, 11) is 2.32. The van der Waals surface area contributed by atoms with Crippen molar-refractivity contribution in [3.8, 4) is 0 Å². The summed E-state index contributed by atoms with van der Waals surface area (Å²) in [6.45, 7) is 1.86. The molecule has 0 heterocycles. The fourth-order valence-corrected chi connectivity index (χ4v) is 1.67. The summed E-state index contributed by atoms with van der Waals surface area (Å²) < 4.78 is 9.01. The van der Waals surface area contributed by atoms with Gasteiger partial charge in [-0.25, -0.2) is 0 Å². The van der Waals surface area contributed by atoms with Crippen molar-refractivity contribution in [3.05, 3.63) is 35.4 Å². The summed E-state index contributed by atoms with van der Waals surface area (Å²) >= 11 is 0. The van der Waals surface area contributed by atoms with Gasteiger partial charge in [0.15, 0.2) is 11.7 Å². The number of benzene rings is 1. The van der Waals surface area contributed by atoms with Gasteiger partial charge in [0, 0.05) is 12.0 Å². The van der Waals surface area contributed by atoms with Crippen molar-refractivity contribution in [3.63, 3.8) is 0 Å². The lowest BCUT2D eigenvalue weighted by Gasteiger charge is -2.11. The summed E-state index contributed by atoms with van der Waals surface area (Å²) in [4.78, 5) is 35.0. The van der Waals surface area contributed by atoms with Gasteiger partial charge < -0.3 is 9.47 Å². The maximum absolute atomic E-state index is 12.0. The predicted molar refractivity (Wildman–Crippen MR) is 67.6 cm³/mol. The van der Waals surface area contributed by atoms with Crippen molar-refractivity contribution in [2.45, 2.75) is 13.3 Å². The van der Waals surface area contributed by atoms with E-state index in [1.807, 2.05) is 13.0 Å². The normalized spacial score (nSPS) is 10.1. The van der Waals surface area contributed by atoms with Crippen molar-refractivity contribution < 1.29 is 23.9 Å². The van der Waals surface area contributed by atoms with Gasteiger partial charge >= 0.3 is 11.9 Å². The molecule has 0 N–H and O–H groups in total. The highest BCUT2D eigenvalue weighted by Gasteiger charge is 2.31. The van der Waals surface area contributed by atoms with E-state index in [9.17, 15) is 14.4 Å². The van der Waals surface area contributed by atoms with Gasteiger partial charge in [-0.05, 0) is 13.0 Å². The first-order chi connectivity index (χ1) is 8.99. The third-order valence-electron chi connectivity index (χ3n) is 2.70. The maximum atomic E-state index is 12.0. The van der Waals surface area contributed by atoms with E-state index in [1.165, 1.54) is 0 Å². The van der Waals surface area contributed by atoms with Crippen molar-refractivity contribution in [2.24, 2.45) is 5.92 Å². The molecule has 102 valence electrons. The number of hydrogen-bond acceptors (Lipinski definition) is 5. The van der Waals surface area contributed by atoms with E-state index in [1.54, 1.807) is 18.2 Å². The first kappa shape index (κ1) is 14.9. The number of carbonyl (C=O) groups is 3. The molecule has 0 aliphatic carbocycles. The molecule has 0 radical (unpaired) electrons. The molecule has 5 heteroatoms. The van der Waals surface area contributed by atoms with Crippen LogP contribution in [0.25, 0.3) is 0 Å². The van der Waals surface area contributed by atoms with Gasteiger partial charge in [0.05, 0.1) is 14.2 Å². The summed E-state index contributed by atoms with van der Waals surface area (Å²) in [5.74, 6) is -3.06. The number of esters is 2. The number of methoxy groups -OCH3 is 2. The molecule has 5 nitrogen and oxygen atoms in total. The SMILES string of the molecule is COC(=O)C(CC(=O)c1cccc(C)c1)C(=O)OC. The number of ketones is 1. The Bertz CT molecular complexity index is 476. The molecule has 0 unspecified atom stereocenters. The van der Waals surface area contributed by atoms with Crippen LogP contribution in [0.4, 0.5) is 0 Å². The molecule has 1 aromatic rings. The molecule has 1 aromatic carbocycles. The lowest BCUT2D eigenvalue weighted by Crippen LogP contribution is -2.29.